The maximum Gasteiger partial charge on any atom is 0.573 e. The molecule has 0 amide bonds. The van der Waals surface area contributed by atoms with Crippen molar-refractivity contribution in [3.63, 3.8) is 0 Å². The maximum atomic E-state index is 12.8. The Morgan fingerprint density at radius 2 is 2.07 bits per heavy atom. The van der Waals surface area contributed by atoms with E-state index in [0.717, 1.165) is 0 Å². The summed E-state index contributed by atoms with van der Waals surface area (Å²) >= 11 is 2.62. The first-order valence-electron chi connectivity index (χ1n) is 3.35. The molecule has 1 heterocycles. The number of alkyl halides is 3. The first-order valence-corrected chi connectivity index (χ1v) is 4.14. The quantitative estimate of drug-likeness (QED) is 0.588. The average Bonchev–Trinajstić information content (AvgIpc) is 2.09. The number of hydrogen-bond acceptors (Lipinski definition) is 3. The number of hydrogen-bond donors (Lipinski definition) is 0. The van der Waals surface area contributed by atoms with Crippen LogP contribution < -0.4 is 4.74 Å². The summed E-state index contributed by atoms with van der Waals surface area (Å²) in [7, 11) is 0. The van der Waals surface area contributed by atoms with Crippen LogP contribution in [0.1, 0.15) is 5.56 Å². The van der Waals surface area contributed by atoms with E-state index in [0.29, 0.717) is 6.20 Å². The lowest BCUT2D eigenvalue weighted by atomic mass is 10.3. The summed E-state index contributed by atoms with van der Waals surface area (Å²) in [5.41, 5.74) is -0.642. The number of nitrogens with zero attached hydrogens (tertiary/aromatic N) is 2. The van der Waals surface area contributed by atoms with Crippen molar-refractivity contribution in [2.24, 2.45) is 0 Å². The Bertz CT molecular complexity index is 426. The van der Waals surface area contributed by atoms with Crippen LogP contribution in [0.4, 0.5) is 17.6 Å². The maximum absolute atomic E-state index is 12.8. The molecule has 0 fully saturated rings. The molecule has 0 atom stereocenters. The van der Waals surface area contributed by atoms with Crippen LogP contribution in [-0.4, -0.2) is 11.3 Å². The third kappa shape index (κ3) is 2.79. The van der Waals surface area contributed by atoms with Gasteiger partial charge in [-0.3, -0.25) is 0 Å². The van der Waals surface area contributed by atoms with Crippen LogP contribution in [0.5, 0.6) is 5.75 Å². The summed E-state index contributed by atoms with van der Waals surface area (Å²) < 4.78 is 51.3. The first-order chi connectivity index (χ1) is 6.85. The predicted octanol–water partition coefficient (Wildman–Crippen LogP) is 2.75. The van der Waals surface area contributed by atoms with Crippen molar-refractivity contribution in [1.82, 2.24) is 4.98 Å². The second-order valence-corrected chi connectivity index (χ2v) is 3.05. The van der Waals surface area contributed by atoms with Gasteiger partial charge in [0, 0.05) is 0 Å². The van der Waals surface area contributed by atoms with Crippen LogP contribution in [0.3, 0.4) is 0 Å². The minimum Gasteiger partial charge on any atom is -0.403 e. The second kappa shape index (κ2) is 4.02. The molecule has 0 bridgehead atoms. The van der Waals surface area contributed by atoms with Gasteiger partial charge in [-0.25, -0.2) is 4.98 Å². The summed E-state index contributed by atoms with van der Waals surface area (Å²) in [4.78, 5) is 2.95. The van der Waals surface area contributed by atoms with Crippen molar-refractivity contribution >= 4 is 15.9 Å². The van der Waals surface area contributed by atoms with E-state index >= 15 is 0 Å². The molecule has 0 aromatic carbocycles. The Morgan fingerprint density at radius 1 is 1.47 bits per heavy atom. The molecule has 0 saturated heterocycles. The van der Waals surface area contributed by atoms with Crippen molar-refractivity contribution in [2.45, 2.75) is 6.36 Å². The molecular formula is C7HBrF4N2O. The first kappa shape index (κ1) is 11.7. The molecule has 8 heteroatoms. The molecule has 80 valence electrons. The molecule has 0 radical (unpaired) electrons. The zero-order valence-electron chi connectivity index (χ0n) is 6.77. The van der Waals surface area contributed by atoms with Crippen LogP contribution in [-0.2, 0) is 0 Å². The summed E-state index contributed by atoms with van der Waals surface area (Å²) in [5, 5.41) is 8.43. The fourth-order valence-corrected chi connectivity index (χ4v) is 1.18. The zero-order chi connectivity index (χ0) is 11.6. The largest absolute Gasteiger partial charge is 0.573 e. The van der Waals surface area contributed by atoms with E-state index in [4.69, 9.17) is 5.26 Å². The number of aromatic nitrogens is 1. The van der Waals surface area contributed by atoms with Crippen molar-refractivity contribution in [1.29, 1.82) is 5.26 Å². The molecular weight excluding hydrogens is 284 g/mol. The topological polar surface area (TPSA) is 45.9 Å². The smallest absolute Gasteiger partial charge is 0.403 e. The van der Waals surface area contributed by atoms with Gasteiger partial charge >= 0.3 is 6.36 Å². The summed E-state index contributed by atoms with van der Waals surface area (Å²) in [6.45, 7) is 0. The third-order valence-corrected chi connectivity index (χ3v) is 2.06. The SMILES string of the molecule is N#Cc1c(F)ncc(OC(F)(F)F)c1Br. The van der Waals surface area contributed by atoms with E-state index < -0.39 is 28.1 Å². The minimum absolute atomic E-state index is 0.421. The Balaban J connectivity index is 3.18. The van der Waals surface area contributed by atoms with Crippen LogP contribution >= 0.6 is 15.9 Å². The van der Waals surface area contributed by atoms with Crippen molar-refractivity contribution < 1.29 is 22.3 Å². The standard InChI is InChI=1S/C7HBrF4N2O/c8-5-3(1-13)6(9)14-2-4(5)15-7(10,11)12/h2H. The molecule has 15 heavy (non-hydrogen) atoms. The highest BCUT2D eigenvalue weighted by Crippen LogP contribution is 2.32. The molecule has 0 aliphatic carbocycles. The molecule has 0 spiro atoms. The lowest BCUT2D eigenvalue weighted by Gasteiger charge is -2.10. The third-order valence-electron chi connectivity index (χ3n) is 1.27. The van der Waals surface area contributed by atoms with E-state index in [1.165, 1.54) is 6.07 Å². The predicted molar refractivity (Wildman–Crippen MR) is 43.3 cm³/mol. The average molecular weight is 285 g/mol. The van der Waals surface area contributed by atoms with Gasteiger partial charge < -0.3 is 4.74 Å². The normalized spacial score (nSPS) is 10.9. The molecule has 1 rings (SSSR count). The summed E-state index contributed by atoms with van der Waals surface area (Å²) in [5.74, 6) is -1.93. The monoisotopic (exact) mass is 284 g/mol. The molecule has 0 saturated carbocycles. The highest BCUT2D eigenvalue weighted by atomic mass is 79.9. The Kier molecular flexibility index (Phi) is 3.14. The minimum atomic E-state index is -4.92. The molecule has 0 aliphatic heterocycles. The Labute approximate surface area is 89.4 Å². The molecule has 0 unspecified atom stereocenters. The van der Waals surface area contributed by atoms with Crippen molar-refractivity contribution in [3.8, 4) is 11.8 Å². The van der Waals surface area contributed by atoms with Crippen LogP contribution in [0.25, 0.3) is 0 Å². The molecule has 1 aromatic rings. The second-order valence-electron chi connectivity index (χ2n) is 2.26. The Morgan fingerprint density at radius 3 is 2.53 bits per heavy atom. The Hall–Kier alpha value is -1.36. The van der Waals surface area contributed by atoms with E-state index in [1.54, 1.807) is 0 Å². The fraction of sp³-hybridized carbons (Fsp3) is 0.143. The van der Waals surface area contributed by atoms with E-state index in [9.17, 15) is 17.6 Å². The van der Waals surface area contributed by atoms with E-state index in [2.05, 4.69) is 25.7 Å². The van der Waals surface area contributed by atoms with Gasteiger partial charge in [0.15, 0.2) is 5.75 Å². The molecule has 0 N–H and O–H groups in total. The van der Waals surface area contributed by atoms with Gasteiger partial charge in [0.2, 0.25) is 5.95 Å². The lowest BCUT2D eigenvalue weighted by molar-refractivity contribution is -0.275. The van der Waals surface area contributed by atoms with Gasteiger partial charge in [-0.15, -0.1) is 13.2 Å². The van der Waals surface area contributed by atoms with Gasteiger partial charge in [-0.05, 0) is 15.9 Å². The van der Waals surface area contributed by atoms with Gasteiger partial charge in [0.05, 0.1) is 10.7 Å². The van der Waals surface area contributed by atoms with Crippen LogP contribution in [0, 0.1) is 17.3 Å². The fourth-order valence-electron chi connectivity index (χ4n) is 0.741. The highest BCUT2D eigenvalue weighted by molar-refractivity contribution is 9.10. The van der Waals surface area contributed by atoms with Gasteiger partial charge in [0.25, 0.3) is 0 Å². The van der Waals surface area contributed by atoms with Gasteiger partial charge in [-0.1, -0.05) is 0 Å². The van der Waals surface area contributed by atoms with Crippen LogP contribution in [0.2, 0.25) is 0 Å². The van der Waals surface area contributed by atoms with Gasteiger partial charge in [-0.2, -0.15) is 9.65 Å². The molecule has 0 aliphatic rings. The zero-order valence-corrected chi connectivity index (χ0v) is 8.36. The summed E-state index contributed by atoms with van der Waals surface area (Å²) in [6, 6.07) is 1.36. The number of halogens is 5. The number of ether oxygens (including phenoxy) is 1. The van der Waals surface area contributed by atoms with Gasteiger partial charge in [0.1, 0.15) is 11.6 Å². The van der Waals surface area contributed by atoms with Crippen molar-refractivity contribution in [3.05, 3.63) is 22.2 Å². The molecule has 1 aromatic heterocycles. The van der Waals surface area contributed by atoms with Crippen LogP contribution in [0.15, 0.2) is 10.7 Å². The van der Waals surface area contributed by atoms with Crippen molar-refractivity contribution in [2.75, 3.05) is 0 Å². The number of pyridine rings is 1. The lowest BCUT2D eigenvalue weighted by Crippen LogP contribution is -2.18. The molecule has 3 nitrogen and oxygen atoms in total. The summed E-state index contributed by atoms with van der Waals surface area (Å²) in [6.07, 6.45) is -4.39. The highest BCUT2D eigenvalue weighted by Gasteiger charge is 2.33. The number of rotatable bonds is 1. The van der Waals surface area contributed by atoms with E-state index in [1.807, 2.05) is 0 Å². The number of nitriles is 1. The van der Waals surface area contributed by atoms with E-state index in [-0.39, 0.29) is 0 Å².